The lowest BCUT2D eigenvalue weighted by atomic mass is 10.2. The van der Waals surface area contributed by atoms with Gasteiger partial charge in [0.1, 0.15) is 12.4 Å². The molecule has 0 amide bonds. The minimum Gasteiger partial charge on any atom is -0.508 e. The van der Waals surface area contributed by atoms with Crippen LogP contribution in [0.25, 0.3) is 6.08 Å². The Morgan fingerprint density at radius 3 is 2.85 bits per heavy atom. The van der Waals surface area contributed by atoms with E-state index in [4.69, 9.17) is 10.2 Å². The maximum Gasteiger partial charge on any atom is 0.181 e. The van der Waals surface area contributed by atoms with Crippen molar-refractivity contribution in [2.75, 3.05) is 6.61 Å². The van der Waals surface area contributed by atoms with E-state index < -0.39 is 6.61 Å². The first-order chi connectivity index (χ1) is 6.22. The third-order valence-electron chi connectivity index (χ3n) is 1.49. The van der Waals surface area contributed by atoms with Crippen LogP contribution >= 0.6 is 0 Å². The molecule has 2 N–H and O–H groups in total. The van der Waals surface area contributed by atoms with Crippen LogP contribution in [0.4, 0.5) is 0 Å². The van der Waals surface area contributed by atoms with E-state index in [0.29, 0.717) is 0 Å². The molecule has 0 bridgehead atoms. The van der Waals surface area contributed by atoms with Gasteiger partial charge < -0.3 is 10.2 Å². The molecule has 0 aliphatic rings. The summed E-state index contributed by atoms with van der Waals surface area (Å²) >= 11 is 0. The molecule has 0 spiro atoms. The molecule has 68 valence electrons. The van der Waals surface area contributed by atoms with Gasteiger partial charge in [0.05, 0.1) is 0 Å². The summed E-state index contributed by atoms with van der Waals surface area (Å²) in [6.45, 7) is -0.491. The Hall–Kier alpha value is -1.61. The second-order valence-electron chi connectivity index (χ2n) is 2.55. The van der Waals surface area contributed by atoms with Crippen LogP contribution in [0.5, 0.6) is 5.75 Å². The summed E-state index contributed by atoms with van der Waals surface area (Å²) in [5.41, 5.74) is 0.724. The quantitative estimate of drug-likeness (QED) is 0.678. The van der Waals surface area contributed by atoms with Crippen molar-refractivity contribution < 1.29 is 15.0 Å². The maximum atomic E-state index is 10.7. The van der Waals surface area contributed by atoms with Gasteiger partial charge >= 0.3 is 0 Å². The van der Waals surface area contributed by atoms with Crippen molar-refractivity contribution in [1.29, 1.82) is 0 Å². The summed E-state index contributed by atoms with van der Waals surface area (Å²) < 4.78 is 0. The Morgan fingerprint density at radius 1 is 1.46 bits per heavy atom. The van der Waals surface area contributed by atoms with E-state index in [0.717, 1.165) is 5.56 Å². The van der Waals surface area contributed by atoms with Crippen LogP contribution in [0.2, 0.25) is 0 Å². The van der Waals surface area contributed by atoms with Crippen LogP contribution < -0.4 is 0 Å². The lowest BCUT2D eigenvalue weighted by Crippen LogP contribution is -1.97. The van der Waals surface area contributed by atoms with Crippen molar-refractivity contribution >= 4 is 11.9 Å². The third kappa shape index (κ3) is 3.09. The van der Waals surface area contributed by atoms with Crippen LogP contribution in [0, 0.1) is 0 Å². The topological polar surface area (TPSA) is 57.5 Å². The number of hydrogen-bond donors (Lipinski definition) is 2. The van der Waals surface area contributed by atoms with Gasteiger partial charge in [0.15, 0.2) is 5.78 Å². The van der Waals surface area contributed by atoms with E-state index >= 15 is 0 Å². The zero-order chi connectivity index (χ0) is 9.68. The summed E-state index contributed by atoms with van der Waals surface area (Å²) in [7, 11) is 0. The Kier molecular flexibility index (Phi) is 3.23. The summed E-state index contributed by atoms with van der Waals surface area (Å²) in [5, 5.41) is 17.5. The summed E-state index contributed by atoms with van der Waals surface area (Å²) in [4.78, 5) is 10.7. The van der Waals surface area contributed by atoms with Crippen LogP contribution in [-0.2, 0) is 4.79 Å². The van der Waals surface area contributed by atoms with E-state index in [2.05, 4.69) is 0 Å². The standard InChI is InChI=1S/C10H10O3/c11-7-10(13)5-4-8-2-1-3-9(12)6-8/h1-6,11-12H,7H2/b5-4+. The van der Waals surface area contributed by atoms with Gasteiger partial charge in [0.2, 0.25) is 0 Å². The van der Waals surface area contributed by atoms with Crippen molar-refractivity contribution in [1.82, 2.24) is 0 Å². The highest BCUT2D eigenvalue weighted by molar-refractivity contribution is 5.94. The number of carbonyl (C=O) groups is 1. The number of rotatable bonds is 3. The van der Waals surface area contributed by atoms with Crippen LogP contribution in [-0.4, -0.2) is 22.6 Å². The molecule has 3 nitrogen and oxygen atoms in total. The Balaban J connectivity index is 2.74. The molecule has 3 heteroatoms. The Morgan fingerprint density at radius 2 is 2.23 bits per heavy atom. The largest absolute Gasteiger partial charge is 0.508 e. The number of phenolic OH excluding ortho intramolecular Hbond substituents is 1. The van der Waals surface area contributed by atoms with Crippen molar-refractivity contribution in [3.8, 4) is 5.75 Å². The van der Waals surface area contributed by atoms with E-state index in [-0.39, 0.29) is 11.5 Å². The zero-order valence-corrected chi connectivity index (χ0v) is 6.97. The molecule has 0 fully saturated rings. The molecule has 0 atom stereocenters. The number of ketones is 1. The van der Waals surface area contributed by atoms with Crippen LogP contribution in [0.15, 0.2) is 30.3 Å². The summed E-state index contributed by atoms with van der Waals surface area (Å²) in [6, 6.07) is 6.51. The van der Waals surface area contributed by atoms with E-state index in [9.17, 15) is 4.79 Å². The average molecular weight is 178 g/mol. The van der Waals surface area contributed by atoms with Gasteiger partial charge in [0, 0.05) is 0 Å². The normalized spacial score (nSPS) is 10.5. The highest BCUT2D eigenvalue weighted by Crippen LogP contribution is 2.11. The fourth-order valence-electron chi connectivity index (χ4n) is 0.870. The molecule has 1 rings (SSSR count). The zero-order valence-electron chi connectivity index (χ0n) is 6.97. The number of hydrogen-bond acceptors (Lipinski definition) is 3. The third-order valence-corrected chi connectivity index (χ3v) is 1.49. The second-order valence-corrected chi connectivity index (χ2v) is 2.55. The number of benzene rings is 1. The fourth-order valence-corrected chi connectivity index (χ4v) is 0.870. The molecule has 1 aromatic rings. The van der Waals surface area contributed by atoms with Crippen LogP contribution in [0.3, 0.4) is 0 Å². The molecule has 0 unspecified atom stereocenters. The molecule has 13 heavy (non-hydrogen) atoms. The molecule has 0 aliphatic heterocycles. The highest BCUT2D eigenvalue weighted by atomic mass is 16.3. The van der Waals surface area contributed by atoms with Gasteiger partial charge in [-0.05, 0) is 23.8 Å². The van der Waals surface area contributed by atoms with Gasteiger partial charge in [-0.25, -0.2) is 0 Å². The van der Waals surface area contributed by atoms with E-state index in [1.165, 1.54) is 18.2 Å². The van der Waals surface area contributed by atoms with E-state index in [1.807, 2.05) is 0 Å². The molecule has 0 heterocycles. The number of carbonyl (C=O) groups excluding carboxylic acids is 1. The van der Waals surface area contributed by atoms with Crippen molar-refractivity contribution in [3.63, 3.8) is 0 Å². The first kappa shape index (κ1) is 9.48. The lowest BCUT2D eigenvalue weighted by Gasteiger charge is -1.93. The minimum atomic E-state index is -0.491. The summed E-state index contributed by atoms with van der Waals surface area (Å²) in [6.07, 6.45) is 2.81. The lowest BCUT2D eigenvalue weighted by molar-refractivity contribution is -0.117. The molecular formula is C10H10O3. The van der Waals surface area contributed by atoms with E-state index in [1.54, 1.807) is 18.2 Å². The first-order valence-electron chi connectivity index (χ1n) is 3.83. The average Bonchev–Trinajstić information content (AvgIpc) is 2.14. The van der Waals surface area contributed by atoms with Crippen LogP contribution in [0.1, 0.15) is 5.56 Å². The van der Waals surface area contributed by atoms with Gasteiger partial charge in [-0.1, -0.05) is 18.2 Å². The van der Waals surface area contributed by atoms with Gasteiger partial charge in [-0.15, -0.1) is 0 Å². The van der Waals surface area contributed by atoms with Crippen molar-refractivity contribution in [3.05, 3.63) is 35.9 Å². The molecule has 0 saturated carbocycles. The van der Waals surface area contributed by atoms with Gasteiger partial charge in [-0.3, -0.25) is 4.79 Å². The smallest absolute Gasteiger partial charge is 0.181 e. The molecular weight excluding hydrogens is 168 g/mol. The maximum absolute atomic E-state index is 10.7. The predicted molar refractivity (Wildman–Crippen MR) is 49.2 cm³/mol. The summed E-state index contributed by atoms with van der Waals surface area (Å²) in [5.74, 6) is -0.207. The Bertz CT molecular complexity index is 329. The fraction of sp³-hybridized carbons (Fsp3) is 0.100. The van der Waals surface area contributed by atoms with Gasteiger partial charge in [-0.2, -0.15) is 0 Å². The second kappa shape index (κ2) is 4.42. The number of aromatic hydroxyl groups is 1. The van der Waals surface area contributed by atoms with Gasteiger partial charge in [0.25, 0.3) is 0 Å². The van der Waals surface area contributed by atoms with Crippen molar-refractivity contribution in [2.45, 2.75) is 0 Å². The SMILES string of the molecule is O=C(/C=C/c1cccc(O)c1)CO. The molecule has 0 aliphatic carbocycles. The molecule has 0 radical (unpaired) electrons. The Labute approximate surface area is 76.0 Å². The number of phenols is 1. The van der Waals surface area contributed by atoms with Crippen molar-refractivity contribution in [2.24, 2.45) is 0 Å². The number of aliphatic hydroxyl groups is 1. The molecule has 0 aromatic heterocycles. The molecule has 1 aromatic carbocycles. The molecule has 0 saturated heterocycles. The monoisotopic (exact) mass is 178 g/mol. The number of aliphatic hydroxyl groups excluding tert-OH is 1. The minimum absolute atomic E-state index is 0.151. The predicted octanol–water partition coefficient (Wildman–Crippen LogP) is 0.967. The first-order valence-corrected chi connectivity index (χ1v) is 3.83. The highest BCUT2D eigenvalue weighted by Gasteiger charge is 1.92.